The minimum Gasteiger partial charge on any atom is -0.294 e. The molecule has 0 saturated carbocycles. The third-order valence-corrected chi connectivity index (χ3v) is 2.27. The summed E-state index contributed by atoms with van der Waals surface area (Å²) in [6, 6.07) is 1.68. The minimum absolute atomic E-state index is 0.837. The Kier molecular flexibility index (Phi) is 0.662. The van der Waals surface area contributed by atoms with Gasteiger partial charge in [0.15, 0.2) is 0 Å². The molecule has 0 spiro atoms. The second-order valence-electron chi connectivity index (χ2n) is 2.83. The average molecular weight is 109 g/mol. The molecule has 2 aliphatic rings. The van der Waals surface area contributed by atoms with Crippen molar-refractivity contribution in [1.29, 1.82) is 0 Å². The van der Waals surface area contributed by atoms with Crippen LogP contribution >= 0.6 is 0 Å². The van der Waals surface area contributed by atoms with Crippen LogP contribution in [0.5, 0.6) is 0 Å². The monoisotopic (exact) mass is 109 g/mol. The van der Waals surface area contributed by atoms with Crippen LogP contribution in [-0.2, 0) is 0 Å². The zero-order valence-electron chi connectivity index (χ0n) is 5.39. The van der Waals surface area contributed by atoms with Crippen molar-refractivity contribution in [2.75, 3.05) is 7.05 Å². The molecule has 2 rings (SSSR count). The Morgan fingerprint density at radius 2 is 2.25 bits per heavy atom. The average Bonchev–Trinajstić information content (AvgIpc) is 2.52. The van der Waals surface area contributed by atoms with Crippen molar-refractivity contribution in [3.8, 4) is 0 Å². The van der Waals surface area contributed by atoms with Crippen molar-refractivity contribution in [2.45, 2.75) is 25.4 Å². The van der Waals surface area contributed by atoms with Crippen molar-refractivity contribution in [3.05, 3.63) is 11.6 Å². The molecule has 1 nitrogen and oxygen atoms in total. The van der Waals surface area contributed by atoms with E-state index in [1.807, 2.05) is 0 Å². The summed E-state index contributed by atoms with van der Waals surface area (Å²) < 4.78 is 0. The van der Waals surface area contributed by atoms with E-state index >= 15 is 0 Å². The minimum atomic E-state index is 0.837. The molecule has 0 radical (unpaired) electrons. The highest BCUT2D eigenvalue weighted by Gasteiger charge is 2.44. The molecule has 2 unspecified atom stereocenters. The quantitative estimate of drug-likeness (QED) is 0.359. The molecule has 1 heterocycles. The lowest BCUT2D eigenvalue weighted by Gasteiger charge is -1.82. The van der Waals surface area contributed by atoms with Gasteiger partial charge in [-0.15, -0.1) is 0 Å². The highest BCUT2D eigenvalue weighted by Crippen LogP contribution is 2.39. The van der Waals surface area contributed by atoms with Crippen LogP contribution in [0.4, 0.5) is 0 Å². The Morgan fingerprint density at radius 1 is 1.75 bits per heavy atom. The van der Waals surface area contributed by atoms with Gasteiger partial charge in [-0.3, -0.25) is 4.90 Å². The van der Waals surface area contributed by atoms with E-state index in [0.29, 0.717) is 0 Å². The molecule has 0 bridgehead atoms. The van der Waals surface area contributed by atoms with Gasteiger partial charge in [0, 0.05) is 12.1 Å². The van der Waals surface area contributed by atoms with Crippen LogP contribution in [0.2, 0.25) is 0 Å². The van der Waals surface area contributed by atoms with E-state index in [4.69, 9.17) is 0 Å². The van der Waals surface area contributed by atoms with E-state index in [9.17, 15) is 0 Å². The van der Waals surface area contributed by atoms with Gasteiger partial charge in [0.2, 0.25) is 0 Å². The van der Waals surface area contributed by atoms with E-state index in [1.54, 1.807) is 5.57 Å². The Balaban J connectivity index is 2.02. The second-order valence-corrected chi connectivity index (χ2v) is 2.83. The number of likely N-dealkylation sites (N-methyl/N-ethyl adjacent to an activating group) is 1. The van der Waals surface area contributed by atoms with Crippen LogP contribution in [0.25, 0.3) is 0 Å². The molecule has 44 valence electrons. The highest BCUT2D eigenvalue weighted by atomic mass is 15.3. The standard InChI is InChI=1S/C7H11N/c1-5-7(8(5)2)6-3-4-6/h3,5,7H,4H2,1-2H3/t5?,7-,8?/m0/s1. The van der Waals surface area contributed by atoms with Gasteiger partial charge < -0.3 is 0 Å². The van der Waals surface area contributed by atoms with Gasteiger partial charge in [0.05, 0.1) is 0 Å². The van der Waals surface area contributed by atoms with Crippen molar-refractivity contribution in [2.24, 2.45) is 0 Å². The van der Waals surface area contributed by atoms with Crippen molar-refractivity contribution < 1.29 is 0 Å². The highest BCUT2D eigenvalue weighted by molar-refractivity contribution is 5.35. The van der Waals surface area contributed by atoms with E-state index < -0.39 is 0 Å². The van der Waals surface area contributed by atoms with Crippen molar-refractivity contribution in [1.82, 2.24) is 4.90 Å². The predicted octanol–water partition coefficient (Wildman–Crippen LogP) is 1.02. The third-order valence-electron chi connectivity index (χ3n) is 2.27. The fraction of sp³-hybridized carbons (Fsp3) is 0.714. The first-order chi connectivity index (χ1) is 3.80. The summed E-state index contributed by atoms with van der Waals surface area (Å²) in [4.78, 5) is 2.40. The SMILES string of the molecule is CC1[C@@H](C2=CC2)N1C. The molecule has 1 aliphatic heterocycles. The van der Waals surface area contributed by atoms with E-state index in [-0.39, 0.29) is 0 Å². The molecule has 1 fully saturated rings. The van der Waals surface area contributed by atoms with Crippen molar-refractivity contribution in [3.63, 3.8) is 0 Å². The predicted molar refractivity (Wildman–Crippen MR) is 33.7 cm³/mol. The normalized spacial score (nSPS) is 50.8. The maximum absolute atomic E-state index is 2.40. The first-order valence-corrected chi connectivity index (χ1v) is 3.21. The summed E-state index contributed by atoms with van der Waals surface area (Å²) in [5, 5.41) is 0. The van der Waals surface area contributed by atoms with Crippen LogP contribution in [0, 0.1) is 0 Å². The molecule has 0 aromatic carbocycles. The Morgan fingerprint density at radius 3 is 2.38 bits per heavy atom. The summed E-state index contributed by atoms with van der Waals surface area (Å²) in [5.74, 6) is 0. The largest absolute Gasteiger partial charge is 0.294 e. The summed E-state index contributed by atoms with van der Waals surface area (Å²) in [7, 11) is 2.19. The summed E-state index contributed by atoms with van der Waals surface area (Å²) >= 11 is 0. The molecule has 3 atom stereocenters. The number of hydrogen-bond acceptors (Lipinski definition) is 1. The molecular formula is C7H11N. The van der Waals surface area contributed by atoms with Crippen LogP contribution in [0.3, 0.4) is 0 Å². The third kappa shape index (κ3) is 0.451. The second kappa shape index (κ2) is 1.16. The van der Waals surface area contributed by atoms with Gasteiger partial charge in [-0.2, -0.15) is 0 Å². The number of allylic oxidation sites excluding steroid dienone is 1. The Bertz CT molecular complexity index is 140. The first kappa shape index (κ1) is 4.57. The van der Waals surface area contributed by atoms with Crippen molar-refractivity contribution >= 4 is 0 Å². The first-order valence-electron chi connectivity index (χ1n) is 3.21. The number of nitrogens with zero attached hydrogens (tertiary/aromatic N) is 1. The summed E-state index contributed by atoms with van der Waals surface area (Å²) in [6.07, 6.45) is 3.62. The lowest BCUT2D eigenvalue weighted by Crippen LogP contribution is -1.89. The topological polar surface area (TPSA) is 3.01 Å². The molecule has 0 N–H and O–H groups in total. The van der Waals surface area contributed by atoms with E-state index in [2.05, 4.69) is 24.9 Å². The maximum Gasteiger partial charge on any atom is 0.0464 e. The summed E-state index contributed by atoms with van der Waals surface area (Å²) in [6.45, 7) is 2.28. The lowest BCUT2D eigenvalue weighted by molar-refractivity contribution is 0.614. The fourth-order valence-electron chi connectivity index (χ4n) is 1.37. The molecule has 1 aliphatic carbocycles. The van der Waals surface area contributed by atoms with Gasteiger partial charge >= 0.3 is 0 Å². The lowest BCUT2D eigenvalue weighted by atomic mass is 10.3. The van der Waals surface area contributed by atoms with Gasteiger partial charge in [0.1, 0.15) is 0 Å². The smallest absolute Gasteiger partial charge is 0.0464 e. The van der Waals surface area contributed by atoms with Crippen LogP contribution in [0.1, 0.15) is 13.3 Å². The van der Waals surface area contributed by atoms with Crippen LogP contribution in [0.15, 0.2) is 11.6 Å². The zero-order valence-corrected chi connectivity index (χ0v) is 5.39. The van der Waals surface area contributed by atoms with Crippen LogP contribution < -0.4 is 0 Å². The Hall–Kier alpha value is -0.300. The number of rotatable bonds is 1. The maximum atomic E-state index is 2.40. The molecule has 8 heavy (non-hydrogen) atoms. The molecular weight excluding hydrogens is 98.1 g/mol. The van der Waals surface area contributed by atoms with Gasteiger partial charge in [-0.1, -0.05) is 11.6 Å². The van der Waals surface area contributed by atoms with E-state index in [0.717, 1.165) is 12.1 Å². The van der Waals surface area contributed by atoms with Gasteiger partial charge in [0.25, 0.3) is 0 Å². The molecule has 0 aromatic heterocycles. The Labute approximate surface area is 50.0 Å². The molecule has 1 saturated heterocycles. The molecule has 1 heteroatoms. The van der Waals surface area contributed by atoms with Crippen LogP contribution in [-0.4, -0.2) is 24.0 Å². The number of hydrogen-bond donors (Lipinski definition) is 0. The zero-order chi connectivity index (χ0) is 5.72. The van der Waals surface area contributed by atoms with Gasteiger partial charge in [-0.05, 0) is 20.4 Å². The summed E-state index contributed by atoms with van der Waals surface area (Å²) in [5.41, 5.74) is 1.67. The van der Waals surface area contributed by atoms with Gasteiger partial charge in [-0.25, -0.2) is 0 Å². The molecule has 0 aromatic rings. The van der Waals surface area contributed by atoms with E-state index in [1.165, 1.54) is 6.42 Å². The molecule has 0 amide bonds. The fourth-order valence-corrected chi connectivity index (χ4v) is 1.37.